The van der Waals surface area contributed by atoms with Crippen molar-refractivity contribution in [2.24, 2.45) is 0 Å². The van der Waals surface area contributed by atoms with Crippen molar-refractivity contribution in [3.8, 4) is 0 Å². The standard InChI is InChI=1S/Fe.3H3O4P.U/c;3*1-5(2,3)4;/h;3*(H3,1,2,3,4);/q+3;;;;+6/p-9. The average molecular weight is 579 g/mol. The summed E-state index contributed by atoms with van der Waals surface area (Å²) in [5.41, 5.74) is 0. The molecule has 0 aromatic heterocycles. The molecule has 0 bridgehead atoms. The monoisotopic (exact) mass is 579 g/mol. The summed E-state index contributed by atoms with van der Waals surface area (Å²) < 4.78 is 25.6. The SMILES string of the molecule is O=P([O-])([O-])[O-].O=P([O-])([O-])[O-].O=P([O-])([O-])[O-].[Fe+3].[U+6]. The Morgan fingerprint density at radius 1 is 0.471 bits per heavy atom. The molecule has 0 aromatic rings. The summed E-state index contributed by atoms with van der Waals surface area (Å²) in [5.74, 6) is 0. The van der Waals surface area contributed by atoms with Gasteiger partial charge in [0.15, 0.2) is 0 Å². The van der Waals surface area contributed by atoms with Crippen LogP contribution in [-0.4, -0.2) is 0 Å². The second-order valence-corrected chi connectivity index (χ2v) is 4.02. The van der Waals surface area contributed by atoms with Crippen molar-refractivity contribution in [2.75, 3.05) is 0 Å². The summed E-state index contributed by atoms with van der Waals surface area (Å²) in [7, 11) is -16.2. The molecule has 17 heteroatoms. The molecule has 0 heterocycles. The Morgan fingerprint density at radius 2 is 0.471 bits per heavy atom. The third kappa shape index (κ3) is 1250. The van der Waals surface area contributed by atoms with E-state index in [9.17, 15) is 0 Å². The average Bonchev–Trinajstić information content (AvgIpc) is 1.41. The second kappa shape index (κ2) is 12.9. The summed E-state index contributed by atoms with van der Waals surface area (Å²) in [6, 6.07) is 0. The summed E-state index contributed by atoms with van der Waals surface area (Å²) in [6.45, 7) is 0. The predicted molar refractivity (Wildman–Crippen MR) is 22.8 cm³/mol. The predicted octanol–water partition coefficient (Wildman–Crippen LogP) is -8.48. The fourth-order valence-corrected chi connectivity index (χ4v) is 0. The fourth-order valence-electron chi connectivity index (χ4n) is 0. The van der Waals surface area contributed by atoms with Gasteiger partial charge in [0.2, 0.25) is 0 Å². The van der Waals surface area contributed by atoms with Crippen LogP contribution in [0, 0.1) is 31.1 Å². The van der Waals surface area contributed by atoms with Crippen LogP contribution in [0.1, 0.15) is 0 Å². The van der Waals surface area contributed by atoms with Crippen LogP contribution < -0.4 is 44.0 Å². The van der Waals surface area contributed by atoms with Crippen LogP contribution in [0.5, 0.6) is 0 Å². The Kier molecular flexibility index (Phi) is 23.8. The van der Waals surface area contributed by atoms with Crippen LogP contribution in [0.2, 0.25) is 0 Å². The fraction of sp³-hybridized carbons (Fsp3) is 0. The second-order valence-electron chi connectivity index (χ2n) is 1.34. The van der Waals surface area contributed by atoms with Gasteiger partial charge in [0, 0.05) is 0 Å². The minimum absolute atomic E-state index is 0. The molecule has 0 aliphatic rings. The van der Waals surface area contributed by atoms with Gasteiger partial charge in [-0.25, -0.2) is 0 Å². The van der Waals surface area contributed by atoms with E-state index < -0.39 is 23.5 Å². The minimum atomic E-state index is -5.39. The number of hydrogen-bond donors (Lipinski definition) is 0. The van der Waals surface area contributed by atoms with Gasteiger partial charge in [0.1, 0.15) is 0 Å². The maximum absolute atomic E-state index is 8.55. The van der Waals surface area contributed by atoms with Gasteiger partial charge in [-0.15, -0.1) is 0 Å². The zero-order chi connectivity index (χ0) is 13.5. The topological polar surface area (TPSA) is 259 Å². The van der Waals surface area contributed by atoms with E-state index in [-0.39, 0.29) is 48.2 Å². The van der Waals surface area contributed by atoms with Crippen molar-refractivity contribution in [2.45, 2.75) is 0 Å². The van der Waals surface area contributed by atoms with Gasteiger partial charge in [-0.2, -0.15) is 23.5 Å². The molecule has 0 aromatic carbocycles. The van der Waals surface area contributed by atoms with Gasteiger partial charge >= 0.3 is 48.2 Å². The van der Waals surface area contributed by atoms with Gasteiger partial charge in [-0.3, -0.25) is 0 Å². The summed E-state index contributed by atoms with van der Waals surface area (Å²) in [5, 5.41) is 0. The summed E-state index contributed by atoms with van der Waals surface area (Å²) >= 11 is 0. The molecule has 0 unspecified atom stereocenters. The molecule has 12 nitrogen and oxygen atoms in total. The molecule has 0 amide bonds. The van der Waals surface area contributed by atoms with E-state index in [2.05, 4.69) is 0 Å². The molecule has 0 fully saturated rings. The first-order valence-electron chi connectivity index (χ1n) is 2.19. The first-order valence-corrected chi connectivity index (χ1v) is 6.57. The van der Waals surface area contributed by atoms with Crippen LogP contribution in [-0.2, 0) is 30.8 Å². The summed E-state index contributed by atoms with van der Waals surface area (Å²) in [6.07, 6.45) is 0. The Balaban J connectivity index is -0.0000000400. The van der Waals surface area contributed by atoms with E-state index in [1.807, 2.05) is 0 Å². The van der Waals surface area contributed by atoms with Gasteiger partial charge in [0.05, 0.1) is 0 Å². The van der Waals surface area contributed by atoms with Crippen LogP contribution in [0.3, 0.4) is 0 Å². The molecular formula is FeO12P3U. The zero-order valence-electron chi connectivity index (χ0n) is 7.09. The number of phosphoric acid groups is 3. The summed E-state index contributed by atoms with van der Waals surface area (Å²) in [4.78, 5) is 76.9. The van der Waals surface area contributed by atoms with Crippen molar-refractivity contribution in [3.63, 3.8) is 0 Å². The van der Waals surface area contributed by atoms with Gasteiger partial charge in [-0.1, -0.05) is 0 Å². The van der Waals surface area contributed by atoms with Crippen molar-refractivity contribution >= 4 is 23.5 Å². The van der Waals surface area contributed by atoms with Gasteiger partial charge < -0.3 is 57.7 Å². The molecule has 0 aliphatic carbocycles. The maximum atomic E-state index is 8.55. The first kappa shape index (κ1) is 31.3. The molecular weight excluding hydrogens is 579 g/mol. The minimum Gasteiger partial charge on any atom is -0.822 e. The van der Waals surface area contributed by atoms with E-state index in [4.69, 9.17) is 57.7 Å². The smallest absolute Gasteiger partial charge is 0.822 e. The van der Waals surface area contributed by atoms with Crippen molar-refractivity contribution in [1.82, 2.24) is 0 Å². The molecule has 17 heavy (non-hydrogen) atoms. The van der Waals surface area contributed by atoms with Crippen LogP contribution in [0.15, 0.2) is 0 Å². The van der Waals surface area contributed by atoms with Gasteiger partial charge in [0.25, 0.3) is 0 Å². The largest absolute Gasteiger partial charge is 6.00 e. The van der Waals surface area contributed by atoms with Crippen LogP contribution in [0.25, 0.3) is 0 Å². The molecule has 0 aliphatic heterocycles. The van der Waals surface area contributed by atoms with Crippen LogP contribution in [0.4, 0.5) is 0 Å². The Morgan fingerprint density at radius 3 is 0.471 bits per heavy atom. The van der Waals surface area contributed by atoms with E-state index in [0.717, 1.165) is 0 Å². The third-order valence-electron chi connectivity index (χ3n) is 0. The Labute approximate surface area is 129 Å². The van der Waals surface area contributed by atoms with E-state index in [0.29, 0.717) is 0 Å². The molecule has 0 saturated carbocycles. The normalized spacial score (nSPS) is 10.4. The van der Waals surface area contributed by atoms with E-state index >= 15 is 0 Å². The molecule has 0 spiro atoms. The van der Waals surface area contributed by atoms with Crippen molar-refractivity contribution < 1.29 is 106 Å². The van der Waals surface area contributed by atoms with Crippen molar-refractivity contribution in [3.05, 3.63) is 0 Å². The number of hydrogen-bond acceptors (Lipinski definition) is 12. The van der Waals surface area contributed by atoms with E-state index in [1.54, 1.807) is 0 Å². The molecule has 1 radical (unpaired) electrons. The van der Waals surface area contributed by atoms with Crippen molar-refractivity contribution in [1.29, 1.82) is 0 Å². The maximum Gasteiger partial charge on any atom is 6.00 e. The molecule has 0 atom stereocenters. The molecule has 0 rings (SSSR count). The molecule has 0 saturated heterocycles. The molecule has 0 N–H and O–H groups in total. The molecule has 99 valence electrons. The van der Waals surface area contributed by atoms with Gasteiger partial charge in [-0.05, 0) is 0 Å². The van der Waals surface area contributed by atoms with Crippen LogP contribution >= 0.6 is 23.5 Å². The number of rotatable bonds is 0. The quantitative estimate of drug-likeness (QED) is 0.192. The van der Waals surface area contributed by atoms with E-state index in [1.165, 1.54) is 0 Å². The zero-order valence-corrected chi connectivity index (χ0v) is 15.0. The Hall–Kier alpha value is 1.90. The Bertz CT molecular complexity index is 208. The third-order valence-corrected chi connectivity index (χ3v) is 0. The first-order chi connectivity index (χ1) is 6.00.